The predicted molar refractivity (Wildman–Crippen MR) is 471 cm³/mol. The maximum absolute atomic E-state index is 13.2. The molecule has 0 radical (unpaired) electrons. The van der Waals surface area contributed by atoms with Crippen molar-refractivity contribution in [3.8, 4) is 33.8 Å². The average Bonchev–Trinajstić information content (AvgIpc) is 1.38. The second kappa shape index (κ2) is 38.7. The summed E-state index contributed by atoms with van der Waals surface area (Å²) in [7, 11) is 8.25. The Morgan fingerprint density at radius 2 is 0.795 bits per heavy atom. The third kappa shape index (κ3) is 22.1. The molecule has 6 N–H and O–H groups in total. The van der Waals surface area contributed by atoms with E-state index >= 15 is 0 Å². The van der Waals surface area contributed by atoms with E-state index in [0.717, 1.165) is 202 Å². The fourth-order valence-electron chi connectivity index (χ4n) is 15.3. The minimum atomic E-state index is -4.54. The van der Waals surface area contributed by atoms with E-state index in [1.165, 1.54) is 36.4 Å². The van der Waals surface area contributed by atoms with Crippen molar-refractivity contribution in [2.75, 3.05) is 108 Å². The van der Waals surface area contributed by atoms with Gasteiger partial charge < -0.3 is 50.5 Å². The molecule has 11 heterocycles. The number of amides is 3. The number of carbonyl (C=O) groups is 3. The van der Waals surface area contributed by atoms with Crippen molar-refractivity contribution in [3.05, 3.63) is 316 Å². The number of hydrogen-bond donors (Lipinski definition) is 6. The molecule has 9 aromatic heterocycles. The summed E-state index contributed by atoms with van der Waals surface area (Å²) in [5, 5.41) is 8.33. The molecule has 2 aliphatic rings. The van der Waals surface area contributed by atoms with Crippen LogP contribution in [0.25, 0.3) is 66.9 Å². The smallest absolute Gasteiger partial charge is 0.369 e. The molecular formula is C95H89F9N20O3. The molecule has 2 saturated heterocycles. The lowest BCUT2D eigenvalue weighted by Gasteiger charge is -2.35. The highest BCUT2D eigenvalue weighted by Gasteiger charge is 2.34. The summed E-state index contributed by atoms with van der Waals surface area (Å²) in [6.07, 6.45) is 4.32. The van der Waals surface area contributed by atoms with Crippen LogP contribution in [0.3, 0.4) is 0 Å². The number of piperazine rings is 2. The highest BCUT2D eigenvalue weighted by Crippen LogP contribution is 2.38. The number of pyridine rings is 3. The van der Waals surface area contributed by atoms with E-state index in [0.29, 0.717) is 60.3 Å². The minimum Gasteiger partial charge on any atom is -0.369 e. The Kier molecular flexibility index (Phi) is 26.8. The van der Waals surface area contributed by atoms with Gasteiger partial charge in [-0.05, 0) is 227 Å². The van der Waals surface area contributed by atoms with Gasteiger partial charge in [-0.2, -0.15) is 39.5 Å². The van der Waals surface area contributed by atoms with Gasteiger partial charge in [-0.3, -0.25) is 34.2 Å². The normalized spacial score (nSPS) is 13.9. The first-order valence-corrected chi connectivity index (χ1v) is 41.1. The standard InChI is InChI=1S/C32H30F3N7O.C32H31F3N6O.C31H28F3N7O/c1-41-12-14-42(15-13-41)20-23-7-8-26(38-31(43)21-4-2-6-25(16-21)32(33,34)35)17-24(23)18-28-39-27-9-11-37-30(27)29(40-28)22-5-3-10-36-19-22;1-20(12-15-41(2)3)26-10-9-25(38-31(42)21-6-4-8-24(16-21)32(33,34)35)17-23(26)18-28-39-27-11-14-37-30(27)29(40-28)22-7-5-13-36-19-22;1-40-12-14-41(15-13-40)26-8-7-24(37-30(42)20-4-2-6-23(16-20)31(32,33)34)17-22(26)18-27-38-25-9-11-36-29(25)28(39-27)21-5-3-10-35-19-21/h2-11,16-17,19,37H,12-15,18,20H2,1H3,(H,38,43);4-11,13-14,16-17,19-20,37H,12,15,18H2,1-3H3,(H,38,42);2-11,16-17,19,36H,12-15,18H2,1H3,(H,37,42). The van der Waals surface area contributed by atoms with Gasteiger partial charge in [-0.25, -0.2) is 29.9 Å². The molecule has 0 spiro atoms. The number of H-pyrrole nitrogens is 3. The second-order valence-corrected chi connectivity index (χ2v) is 31.6. The number of anilines is 4. The largest absolute Gasteiger partial charge is 0.416 e. The van der Waals surface area contributed by atoms with Crippen molar-refractivity contribution in [1.29, 1.82) is 0 Å². The van der Waals surface area contributed by atoms with Gasteiger partial charge in [-0.1, -0.05) is 37.3 Å². The molecule has 2 aliphatic heterocycles. The van der Waals surface area contributed by atoms with Crippen LogP contribution in [0.4, 0.5) is 62.3 Å². The van der Waals surface area contributed by atoms with E-state index in [-0.39, 0.29) is 22.6 Å². The van der Waals surface area contributed by atoms with Crippen LogP contribution in [0, 0.1) is 0 Å². The fraction of sp³-hybridized carbons (Fsp3) is 0.242. The number of halogens is 9. The molecule has 3 amide bonds. The van der Waals surface area contributed by atoms with Crippen LogP contribution in [0.15, 0.2) is 238 Å². The third-order valence-corrected chi connectivity index (χ3v) is 22.1. The van der Waals surface area contributed by atoms with E-state index < -0.39 is 52.9 Å². The first-order valence-electron chi connectivity index (χ1n) is 41.1. The number of carbonyl (C=O) groups excluding carboxylic acids is 3. The van der Waals surface area contributed by atoms with Crippen molar-refractivity contribution >= 4 is 73.6 Å². The molecule has 15 aromatic rings. The summed E-state index contributed by atoms with van der Waals surface area (Å²) in [5.41, 5.74) is 14.1. The SMILES string of the molecule is CC(CCN(C)C)c1ccc(NC(=O)c2cccc(C(F)(F)F)c2)cc1Cc1nc(-c2cccnc2)c2[nH]ccc2n1.CN1CCN(Cc2ccc(NC(=O)c3cccc(C(F)(F)F)c3)cc2Cc2nc(-c3cccnc3)c3[nH]ccc3n2)CC1.CN1CCN(c2ccc(NC(=O)c3cccc(C(F)(F)F)c3)cc2Cc2nc(-c3cccnc3)c3[nH]ccc3n2)CC1. The Hall–Kier alpha value is -14.0. The first-order chi connectivity index (χ1) is 61.0. The van der Waals surface area contributed by atoms with E-state index in [2.05, 4.69) is 91.4 Å². The molecule has 0 bridgehead atoms. The number of hydrogen-bond acceptors (Lipinski definition) is 17. The lowest BCUT2D eigenvalue weighted by molar-refractivity contribution is -0.138. The molecule has 127 heavy (non-hydrogen) atoms. The molecular weight excluding hydrogens is 1640 g/mol. The van der Waals surface area contributed by atoms with Gasteiger partial charge in [0.1, 0.15) is 17.5 Å². The van der Waals surface area contributed by atoms with Crippen molar-refractivity contribution in [2.45, 2.75) is 63.6 Å². The highest BCUT2D eigenvalue weighted by atomic mass is 19.4. The van der Waals surface area contributed by atoms with Crippen molar-refractivity contribution in [2.24, 2.45) is 0 Å². The first kappa shape index (κ1) is 87.9. The van der Waals surface area contributed by atoms with Crippen molar-refractivity contribution in [3.63, 3.8) is 0 Å². The van der Waals surface area contributed by atoms with Gasteiger partial charge >= 0.3 is 18.5 Å². The number of aromatic amines is 3. The maximum atomic E-state index is 13.2. The zero-order valence-electron chi connectivity index (χ0n) is 69.9. The number of nitrogens with zero attached hydrogens (tertiary/aromatic N) is 14. The molecule has 6 aromatic carbocycles. The second-order valence-electron chi connectivity index (χ2n) is 31.6. The number of nitrogens with one attached hydrogen (secondary N) is 6. The molecule has 1 unspecified atom stereocenters. The van der Waals surface area contributed by atoms with Crippen molar-refractivity contribution < 1.29 is 53.9 Å². The summed E-state index contributed by atoms with van der Waals surface area (Å²) in [4.78, 5) is 102. The molecule has 32 heteroatoms. The molecule has 650 valence electrons. The van der Waals surface area contributed by atoms with Gasteiger partial charge in [0.2, 0.25) is 0 Å². The third-order valence-electron chi connectivity index (χ3n) is 22.1. The monoisotopic (exact) mass is 1730 g/mol. The zero-order valence-corrected chi connectivity index (χ0v) is 69.9. The Labute approximate surface area is 725 Å². The highest BCUT2D eigenvalue weighted by molar-refractivity contribution is 6.06. The zero-order chi connectivity index (χ0) is 89.1. The average molecular weight is 1730 g/mol. The van der Waals surface area contributed by atoms with Gasteiger partial charge in [0.15, 0.2) is 0 Å². The molecule has 2 fully saturated rings. The Bertz CT molecular complexity index is 6390. The molecule has 17 rings (SSSR count). The predicted octanol–water partition coefficient (Wildman–Crippen LogP) is 18.2. The van der Waals surface area contributed by atoms with E-state index in [9.17, 15) is 53.9 Å². The van der Waals surface area contributed by atoms with Gasteiger partial charge in [0, 0.05) is 190 Å². The Morgan fingerprint density at radius 3 is 1.20 bits per heavy atom. The van der Waals surface area contributed by atoms with Crippen LogP contribution in [0.1, 0.15) is 112 Å². The Balaban J connectivity index is 0.000000147. The van der Waals surface area contributed by atoms with E-state index in [4.69, 9.17) is 29.9 Å². The number of alkyl halides is 9. The number of benzene rings is 6. The van der Waals surface area contributed by atoms with Crippen LogP contribution in [-0.2, 0) is 44.3 Å². The van der Waals surface area contributed by atoms with Crippen molar-refractivity contribution in [1.82, 2.24) is 79.4 Å². The summed E-state index contributed by atoms with van der Waals surface area (Å²) in [6.45, 7) is 11.1. The van der Waals surface area contributed by atoms with E-state index in [1.54, 1.807) is 55.4 Å². The van der Waals surface area contributed by atoms with Crippen LogP contribution in [0.5, 0.6) is 0 Å². The quantitative estimate of drug-likeness (QED) is 0.0344. The topological polar surface area (TPSA) is 267 Å². The van der Waals surface area contributed by atoms with Crippen LogP contribution >= 0.6 is 0 Å². The van der Waals surface area contributed by atoms with Gasteiger partial charge in [-0.15, -0.1) is 0 Å². The maximum Gasteiger partial charge on any atom is 0.416 e. The lowest BCUT2D eigenvalue weighted by atomic mass is 9.90. The summed E-state index contributed by atoms with van der Waals surface area (Å²) in [6, 6.07) is 47.1. The van der Waals surface area contributed by atoms with Gasteiger partial charge in [0.05, 0.1) is 66.9 Å². The van der Waals surface area contributed by atoms with Crippen LogP contribution in [-0.4, -0.2) is 184 Å². The van der Waals surface area contributed by atoms with Gasteiger partial charge in [0.25, 0.3) is 17.7 Å². The molecule has 1 atom stereocenters. The summed E-state index contributed by atoms with van der Waals surface area (Å²) < 4.78 is 119. The fourth-order valence-corrected chi connectivity index (χ4v) is 15.3. The Morgan fingerprint density at radius 1 is 0.417 bits per heavy atom. The number of likely N-dealkylation sites (N-methyl/N-ethyl adjacent to an activating group) is 2. The molecule has 0 aliphatic carbocycles. The minimum absolute atomic E-state index is 0.0692. The lowest BCUT2D eigenvalue weighted by Crippen LogP contribution is -2.44. The number of fused-ring (bicyclic) bond motifs is 3. The van der Waals surface area contributed by atoms with Crippen LogP contribution < -0.4 is 20.9 Å². The van der Waals surface area contributed by atoms with E-state index in [1.807, 2.05) is 124 Å². The summed E-state index contributed by atoms with van der Waals surface area (Å²) >= 11 is 0. The molecule has 23 nitrogen and oxygen atoms in total. The van der Waals surface area contributed by atoms with Crippen LogP contribution in [0.2, 0.25) is 0 Å². The summed E-state index contributed by atoms with van der Waals surface area (Å²) in [5.74, 6) is 0.137. The molecule has 0 saturated carbocycles. The number of aromatic nitrogens is 12. The number of rotatable bonds is 22.